The first-order valence-electron chi connectivity index (χ1n) is 7.67. The maximum absolute atomic E-state index is 12.3. The van der Waals surface area contributed by atoms with Gasteiger partial charge in [-0.2, -0.15) is 0 Å². The van der Waals surface area contributed by atoms with Crippen LogP contribution >= 0.6 is 0 Å². The van der Waals surface area contributed by atoms with Gasteiger partial charge in [-0.15, -0.1) is 0 Å². The predicted octanol–water partition coefficient (Wildman–Crippen LogP) is 2.52. The summed E-state index contributed by atoms with van der Waals surface area (Å²) in [6, 6.07) is 6.92. The fourth-order valence-corrected chi connectivity index (χ4v) is 2.02. The number of nitrogens with zero attached hydrogens (tertiary/aromatic N) is 2. The Labute approximate surface area is 136 Å². The number of hydrogen-bond donors (Lipinski definition) is 2. The van der Waals surface area contributed by atoms with Gasteiger partial charge in [-0.05, 0) is 31.0 Å². The summed E-state index contributed by atoms with van der Waals surface area (Å²) in [6.07, 6.45) is 6.23. The lowest BCUT2D eigenvalue weighted by Gasteiger charge is -2.26. The average molecular weight is 314 g/mol. The van der Waals surface area contributed by atoms with Crippen LogP contribution in [0.5, 0.6) is 11.6 Å². The highest BCUT2D eigenvalue weighted by Crippen LogP contribution is 2.19. The number of aromatic nitrogens is 2. The summed E-state index contributed by atoms with van der Waals surface area (Å²) < 4.78 is 5.58. The lowest BCUT2D eigenvalue weighted by Crippen LogP contribution is -2.49. The molecule has 0 unspecified atom stereocenters. The van der Waals surface area contributed by atoms with E-state index in [0.717, 1.165) is 12.8 Å². The van der Waals surface area contributed by atoms with E-state index >= 15 is 0 Å². The molecule has 6 heteroatoms. The van der Waals surface area contributed by atoms with Crippen molar-refractivity contribution < 1.29 is 9.53 Å². The lowest BCUT2D eigenvalue weighted by atomic mass is 9.94. The molecule has 6 nitrogen and oxygen atoms in total. The molecule has 2 aromatic rings. The third-order valence-electron chi connectivity index (χ3n) is 3.87. The van der Waals surface area contributed by atoms with Gasteiger partial charge in [0.05, 0.1) is 6.20 Å². The number of ether oxygens (including phenoxy) is 1. The van der Waals surface area contributed by atoms with Crippen LogP contribution in [0, 0.1) is 0 Å². The zero-order valence-corrected chi connectivity index (χ0v) is 13.5. The van der Waals surface area contributed by atoms with Crippen LogP contribution in [0.1, 0.15) is 37.0 Å². The molecule has 0 atom stereocenters. The number of nitrogens with one attached hydrogen (secondary N) is 1. The quantitative estimate of drug-likeness (QED) is 0.819. The van der Waals surface area contributed by atoms with Crippen LogP contribution in [0.25, 0.3) is 0 Å². The molecule has 1 heterocycles. The predicted molar refractivity (Wildman–Crippen MR) is 88.4 cm³/mol. The summed E-state index contributed by atoms with van der Waals surface area (Å²) in [6.45, 7) is 4.48. The van der Waals surface area contributed by atoms with Gasteiger partial charge in [0.15, 0.2) is 0 Å². The maximum Gasteiger partial charge on any atom is 0.251 e. The number of rotatable bonds is 7. The molecule has 2 rings (SSSR count). The normalized spacial score (nSPS) is 11.1. The summed E-state index contributed by atoms with van der Waals surface area (Å²) in [5, 5.41) is 2.89. The molecule has 0 fully saturated rings. The van der Waals surface area contributed by atoms with Gasteiger partial charge in [-0.25, -0.2) is 4.98 Å². The molecule has 3 N–H and O–H groups in total. The Bertz CT molecular complexity index is 642. The number of benzene rings is 1. The van der Waals surface area contributed by atoms with Crippen LogP contribution in [0.2, 0.25) is 0 Å². The molecule has 0 radical (unpaired) electrons. The molecular formula is C17H22N4O2. The topological polar surface area (TPSA) is 90.1 Å². The SMILES string of the molecule is CCC(N)(CC)CNC(=O)c1cccc(Oc2cnccn2)c1. The highest BCUT2D eigenvalue weighted by molar-refractivity contribution is 5.94. The first kappa shape index (κ1) is 16.9. The maximum atomic E-state index is 12.3. The molecule has 0 saturated carbocycles. The lowest BCUT2D eigenvalue weighted by molar-refractivity contribution is 0.0942. The van der Waals surface area contributed by atoms with Crippen molar-refractivity contribution in [2.75, 3.05) is 6.54 Å². The Balaban J connectivity index is 2.03. The largest absolute Gasteiger partial charge is 0.437 e. The van der Waals surface area contributed by atoms with E-state index in [9.17, 15) is 4.79 Å². The van der Waals surface area contributed by atoms with Crippen molar-refractivity contribution in [1.29, 1.82) is 0 Å². The van der Waals surface area contributed by atoms with Gasteiger partial charge in [-0.1, -0.05) is 19.9 Å². The van der Waals surface area contributed by atoms with Crippen molar-refractivity contribution in [3.8, 4) is 11.6 Å². The van der Waals surface area contributed by atoms with E-state index in [1.807, 2.05) is 13.8 Å². The highest BCUT2D eigenvalue weighted by Gasteiger charge is 2.21. The summed E-state index contributed by atoms with van der Waals surface area (Å²) in [4.78, 5) is 20.2. The van der Waals surface area contributed by atoms with Crippen molar-refractivity contribution >= 4 is 5.91 Å². The van der Waals surface area contributed by atoms with Gasteiger partial charge in [0.2, 0.25) is 5.88 Å². The number of nitrogens with two attached hydrogens (primary N) is 1. The van der Waals surface area contributed by atoms with E-state index in [2.05, 4.69) is 15.3 Å². The molecule has 0 bridgehead atoms. The van der Waals surface area contributed by atoms with Gasteiger partial charge >= 0.3 is 0 Å². The Morgan fingerprint density at radius 1 is 1.30 bits per heavy atom. The van der Waals surface area contributed by atoms with E-state index in [-0.39, 0.29) is 11.4 Å². The molecule has 23 heavy (non-hydrogen) atoms. The molecule has 1 aromatic carbocycles. The van der Waals surface area contributed by atoms with E-state index in [0.29, 0.717) is 23.7 Å². The number of carbonyl (C=O) groups is 1. The first-order chi connectivity index (χ1) is 11.1. The van der Waals surface area contributed by atoms with Crippen LogP contribution in [0.15, 0.2) is 42.9 Å². The summed E-state index contributed by atoms with van der Waals surface area (Å²) in [5.41, 5.74) is 6.34. The van der Waals surface area contributed by atoms with Gasteiger partial charge < -0.3 is 15.8 Å². The van der Waals surface area contributed by atoms with Gasteiger partial charge in [0.1, 0.15) is 5.75 Å². The molecular weight excluding hydrogens is 292 g/mol. The van der Waals surface area contributed by atoms with Crippen molar-refractivity contribution in [3.63, 3.8) is 0 Å². The van der Waals surface area contributed by atoms with Crippen LogP contribution in [-0.4, -0.2) is 28.0 Å². The number of carbonyl (C=O) groups excluding carboxylic acids is 1. The minimum Gasteiger partial charge on any atom is -0.437 e. The van der Waals surface area contributed by atoms with Crippen LogP contribution < -0.4 is 15.8 Å². The van der Waals surface area contributed by atoms with Crippen molar-refractivity contribution in [3.05, 3.63) is 48.4 Å². The Hall–Kier alpha value is -2.47. The molecule has 1 aromatic heterocycles. The number of amides is 1. The van der Waals surface area contributed by atoms with Crippen molar-refractivity contribution in [2.24, 2.45) is 5.73 Å². The molecule has 0 saturated heterocycles. The Kier molecular flexibility index (Phi) is 5.65. The van der Waals surface area contributed by atoms with Crippen LogP contribution in [0.4, 0.5) is 0 Å². The molecule has 122 valence electrons. The first-order valence-corrected chi connectivity index (χ1v) is 7.67. The molecule has 0 aliphatic rings. The molecule has 1 amide bonds. The number of hydrogen-bond acceptors (Lipinski definition) is 5. The molecule has 0 aliphatic heterocycles. The van der Waals surface area contributed by atoms with Crippen molar-refractivity contribution in [1.82, 2.24) is 15.3 Å². The van der Waals surface area contributed by atoms with Crippen LogP contribution in [0.3, 0.4) is 0 Å². The second kappa shape index (κ2) is 7.69. The standard InChI is InChI=1S/C17H22N4O2/c1-3-17(18,4-2)12-21-16(22)13-6-5-7-14(10-13)23-15-11-19-8-9-20-15/h5-11H,3-4,12,18H2,1-2H3,(H,21,22). The van der Waals surface area contributed by atoms with E-state index in [1.165, 1.54) is 6.20 Å². The second-order valence-electron chi connectivity index (χ2n) is 5.43. The summed E-state index contributed by atoms with van der Waals surface area (Å²) >= 11 is 0. The fourth-order valence-electron chi connectivity index (χ4n) is 2.02. The third kappa shape index (κ3) is 4.75. The van der Waals surface area contributed by atoms with Gasteiger partial charge in [0, 0.05) is 30.0 Å². The van der Waals surface area contributed by atoms with E-state index in [4.69, 9.17) is 10.5 Å². The zero-order valence-electron chi connectivity index (χ0n) is 13.5. The van der Waals surface area contributed by atoms with Gasteiger partial charge in [0.25, 0.3) is 5.91 Å². The minimum atomic E-state index is -0.372. The monoisotopic (exact) mass is 314 g/mol. The van der Waals surface area contributed by atoms with E-state index < -0.39 is 0 Å². The Morgan fingerprint density at radius 2 is 2.09 bits per heavy atom. The van der Waals surface area contributed by atoms with E-state index in [1.54, 1.807) is 36.7 Å². The average Bonchev–Trinajstić information content (AvgIpc) is 2.60. The molecule has 0 aliphatic carbocycles. The fraction of sp³-hybridized carbons (Fsp3) is 0.353. The smallest absolute Gasteiger partial charge is 0.251 e. The zero-order chi connectivity index (χ0) is 16.7. The van der Waals surface area contributed by atoms with Gasteiger partial charge in [-0.3, -0.25) is 9.78 Å². The van der Waals surface area contributed by atoms with Crippen LogP contribution in [-0.2, 0) is 0 Å². The third-order valence-corrected chi connectivity index (χ3v) is 3.87. The summed E-state index contributed by atoms with van der Waals surface area (Å²) in [7, 11) is 0. The van der Waals surface area contributed by atoms with Crippen molar-refractivity contribution in [2.45, 2.75) is 32.2 Å². The second-order valence-corrected chi connectivity index (χ2v) is 5.43. The highest BCUT2D eigenvalue weighted by atomic mass is 16.5. The molecule has 0 spiro atoms. The summed E-state index contributed by atoms with van der Waals surface area (Å²) in [5.74, 6) is 0.734. The minimum absolute atomic E-state index is 0.175. The Morgan fingerprint density at radius 3 is 2.74 bits per heavy atom.